The molecule has 0 bridgehead atoms. The Hall–Kier alpha value is -1.30. The molecule has 108 valence electrons. The van der Waals surface area contributed by atoms with Crippen LogP contribution < -0.4 is 0 Å². The van der Waals surface area contributed by atoms with Gasteiger partial charge in [0.1, 0.15) is 6.61 Å². The van der Waals surface area contributed by atoms with Crippen molar-refractivity contribution in [3.8, 4) is 11.8 Å². The molecule has 0 spiro atoms. The summed E-state index contributed by atoms with van der Waals surface area (Å²) < 4.78 is 6.05. The second-order valence-corrected chi connectivity index (χ2v) is 6.29. The van der Waals surface area contributed by atoms with Gasteiger partial charge in [0.05, 0.1) is 12.7 Å². The van der Waals surface area contributed by atoms with E-state index in [0.717, 1.165) is 24.0 Å². The van der Waals surface area contributed by atoms with E-state index in [1.807, 2.05) is 24.3 Å². The standard InChI is InChI=1S/C18H24O2/c1-18(2)11-9-17(10-12-18)20-14-16-7-4-3-6-15(16)8-5-13-19/h3-4,6-7,17,19H,9-14H2,1-2H3. The zero-order valence-electron chi connectivity index (χ0n) is 12.5. The van der Waals surface area contributed by atoms with E-state index >= 15 is 0 Å². The number of hydrogen-bond acceptors (Lipinski definition) is 2. The molecular weight excluding hydrogens is 248 g/mol. The van der Waals surface area contributed by atoms with Gasteiger partial charge in [-0.05, 0) is 42.7 Å². The highest BCUT2D eigenvalue weighted by Gasteiger charge is 2.27. The maximum Gasteiger partial charge on any atom is 0.104 e. The van der Waals surface area contributed by atoms with Crippen LogP contribution in [0.2, 0.25) is 0 Å². The summed E-state index contributed by atoms with van der Waals surface area (Å²) in [6, 6.07) is 8.00. The van der Waals surface area contributed by atoms with Crippen molar-refractivity contribution in [1.29, 1.82) is 0 Å². The van der Waals surface area contributed by atoms with E-state index in [0.29, 0.717) is 18.1 Å². The molecule has 0 radical (unpaired) electrons. The largest absolute Gasteiger partial charge is 0.384 e. The molecule has 1 saturated carbocycles. The number of aliphatic hydroxyl groups is 1. The van der Waals surface area contributed by atoms with Gasteiger partial charge >= 0.3 is 0 Å². The van der Waals surface area contributed by atoms with Crippen molar-refractivity contribution in [3.63, 3.8) is 0 Å². The first-order valence-corrected chi connectivity index (χ1v) is 7.40. The molecule has 0 aliphatic heterocycles. The third-order valence-corrected chi connectivity index (χ3v) is 4.08. The quantitative estimate of drug-likeness (QED) is 0.853. The molecule has 0 heterocycles. The average Bonchev–Trinajstić information content (AvgIpc) is 2.45. The first kappa shape index (κ1) is 15.1. The predicted molar refractivity (Wildman–Crippen MR) is 81.2 cm³/mol. The maximum absolute atomic E-state index is 8.80. The molecule has 1 fully saturated rings. The highest BCUT2D eigenvalue weighted by molar-refractivity contribution is 5.40. The molecule has 1 aromatic carbocycles. The van der Waals surface area contributed by atoms with Gasteiger partial charge in [0.15, 0.2) is 0 Å². The summed E-state index contributed by atoms with van der Waals surface area (Å²) in [6.45, 7) is 5.18. The molecule has 1 aromatic rings. The van der Waals surface area contributed by atoms with Gasteiger partial charge in [-0.1, -0.05) is 43.9 Å². The maximum atomic E-state index is 8.80. The van der Waals surface area contributed by atoms with Crippen LogP contribution in [0.25, 0.3) is 0 Å². The Morgan fingerprint density at radius 3 is 2.65 bits per heavy atom. The van der Waals surface area contributed by atoms with Gasteiger partial charge < -0.3 is 9.84 Å². The smallest absolute Gasteiger partial charge is 0.104 e. The third-order valence-electron chi connectivity index (χ3n) is 4.08. The molecule has 20 heavy (non-hydrogen) atoms. The molecule has 2 heteroatoms. The summed E-state index contributed by atoms with van der Waals surface area (Å²) in [6.07, 6.45) is 5.16. The molecule has 0 amide bonds. The van der Waals surface area contributed by atoms with Crippen LogP contribution in [0.5, 0.6) is 0 Å². The van der Waals surface area contributed by atoms with E-state index in [1.54, 1.807) is 0 Å². The lowest BCUT2D eigenvalue weighted by molar-refractivity contribution is -0.00565. The Labute approximate surface area is 122 Å². The van der Waals surface area contributed by atoms with E-state index in [9.17, 15) is 0 Å². The Balaban J connectivity index is 1.91. The van der Waals surface area contributed by atoms with Gasteiger partial charge in [-0.25, -0.2) is 0 Å². The van der Waals surface area contributed by atoms with Crippen molar-refractivity contribution in [2.75, 3.05) is 6.61 Å². The fourth-order valence-corrected chi connectivity index (χ4v) is 2.65. The van der Waals surface area contributed by atoms with Crippen LogP contribution >= 0.6 is 0 Å². The second-order valence-electron chi connectivity index (χ2n) is 6.29. The Morgan fingerprint density at radius 1 is 1.25 bits per heavy atom. The van der Waals surface area contributed by atoms with Crippen molar-refractivity contribution in [2.45, 2.75) is 52.2 Å². The normalized spacial score (nSPS) is 18.4. The minimum atomic E-state index is -0.104. The van der Waals surface area contributed by atoms with Crippen LogP contribution in [0.15, 0.2) is 24.3 Å². The van der Waals surface area contributed by atoms with Crippen molar-refractivity contribution >= 4 is 0 Å². The van der Waals surface area contributed by atoms with Crippen LogP contribution in [0, 0.1) is 17.3 Å². The minimum absolute atomic E-state index is 0.104. The fourth-order valence-electron chi connectivity index (χ4n) is 2.65. The van der Waals surface area contributed by atoms with Crippen LogP contribution in [0.1, 0.15) is 50.7 Å². The Bertz CT molecular complexity index is 484. The van der Waals surface area contributed by atoms with Crippen LogP contribution in [-0.2, 0) is 11.3 Å². The summed E-state index contributed by atoms with van der Waals surface area (Å²) >= 11 is 0. The number of aliphatic hydroxyl groups excluding tert-OH is 1. The molecule has 0 atom stereocenters. The number of hydrogen-bond donors (Lipinski definition) is 1. The van der Waals surface area contributed by atoms with Crippen molar-refractivity contribution < 1.29 is 9.84 Å². The summed E-state index contributed by atoms with van der Waals surface area (Å²) in [4.78, 5) is 0. The average molecular weight is 272 g/mol. The first-order chi connectivity index (χ1) is 9.61. The third kappa shape index (κ3) is 4.37. The Kier molecular flexibility index (Phi) is 5.23. The second kappa shape index (κ2) is 6.92. The van der Waals surface area contributed by atoms with Gasteiger partial charge in [-0.3, -0.25) is 0 Å². The molecular formula is C18H24O2. The summed E-state index contributed by atoms with van der Waals surface area (Å²) in [5.41, 5.74) is 2.54. The molecule has 2 rings (SSSR count). The lowest BCUT2D eigenvalue weighted by atomic mass is 9.76. The lowest BCUT2D eigenvalue weighted by Gasteiger charge is -2.34. The zero-order valence-corrected chi connectivity index (χ0v) is 12.5. The number of rotatable bonds is 3. The van der Waals surface area contributed by atoms with Gasteiger partial charge in [-0.15, -0.1) is 0 Å². The van der Waals surface area contributed by atoms with E-state index in [1.165, 1.54) is 12.8 Å². The van der Waals surface area contributed by atoms with Gasteiger partial charge in [0.25, 0.3) is 0 Å². The molecule has 1 N–H and O–H groups in total. The van der Waals surface area contributed by atoms with Gasteiger partial charge in [0.2, 0.25) is 0 Å². The number of benzene rings is 1. The van der Waals surface area contributed by atoms with E-state index in [4.69, 9.17) is 9.84 Å². The first-order valence-electron chi connectivity index (χ1n) is 7.40. The Morgan fingerprint density at radius 2 is 1.95 bits per heavy atom. The van der Waals surface area contributed by atoms with Gasteiger partial charge in [-0.2, -0.15) is 0 Å². The van der Waals surface area contributed by atoms with Crippen molar-refractivity contribution in [2.24, 2.45) is 5.41 Å². The summed E-state index contributed by atoms with van der Waals surface area (Å²) in [5, 5.41) is 8.80. The fraction of sp³-hybridized carbons (Fsp3) is 0.556. The van der Waals surface area contributed by atoms with E-state index in [-0.39, 0.29) is 6.61 Å². The molecule has 0 aromatic heterocycles. The minimum Gasteiger partial charge on any atom is -0.384 e. The molecule has 0 saturated heterocycles. The molecule has 0 unspecified atom stereocenters. The summed E-state index contributed by atoms with van der Waals surface area (Å²) in [7, 11) is 0. The van der Waals surface area contributed by atoms with Crippen LogP contribution in [0.3, 0.4) is 0 Å². The predicted octanol–water partition coefficient (Wildman–Crippen LogP) is 3.52. The van der Waals surface area contributed by atoms with E-state index in [2.05, 4.69) is 25.7 Å². The molecule has 1 aliphatic carbocycles. The van der Waals surface area contributed by atoms with Crippen molar-refractivity contribution in [3.05, 3.63) is 35.4 Å². The summed E-state index contributed by atoms with van der Waals surface area (Å²) in [5.74, 6) is 5.69. The zero-order chi connectivity index (χ0) is 14.4. The SMILES string of the molecule is CC1(C)CCC(OCc2ccccc2C#CCO)CC1. The molecule has 1 aliphatic rings. The van der Waals surface area contributed by atoms with E-state index < -0.39 is 0 Å². The highest BCUT2D eigenvalue weighted by Crippen LogP contribution is 2.36. The number of ether oxygens (including phenoxy) is 1. The van der Waals surface area contributed by atoms with Gasteiger partial charge in [0, 0.05) is 5.56 Å². The van der Waals surface area contributed by atoms with Crippen molar-refractivity contribution in [1.82, 2.24) is 0 Å². The lowest BCUT2D eigenvalue weighted by Crippen LogP contribution is -2.26. The highest BCUT2D eigenvalue weighted by atomic mass is 16.5. The van der Waals surface area contributed by atoms with Crippen LogP contribution in [-0.4, -0.2) is 17.8 Å². The molecule has 2 nitrogen and oxygen atoms in total. The topological polar surface area (TPSA) is 29.5 Å². The monoisotopic (exact) mass is 272 g/mol. The van der Waals surface area contributed by atoms with Crippen LogP contribution in [0.4, 0.5) is 0 Å².